The molecule has 0 radical (unpaired) electrons. The van der Waals surface area contributed by atoms with Crippen LogP contribution >= 0.6 is 0 Å². The molecule has 19 heavy (non-hydrogen) atoms. The Morgan fingerprint density at radius 1 is 1.16 bits per heavy atom. The van der Waals surface area contributed by atoms with Gasteiger partial charge in [-0.25, -0.2) is 0 Å². The number of hydrogen-bond acceptors (Lipinski definition) is 3. The first-order valence-electron chi connectivity index (χ1n) is 6.53. The van der Waals surface area contributed by atoms with E-state index in [0.29, 0.717) is 17.7 Å². The van der Waals surface area contributed by atoms with Crippen molar-refractivity contribution in [3.05, 3.63) is 17.8 Å². The molecule has 0 saturated heterocycles. The molecule has 0 spiro atoms. The van der Waals surface area contributed by atoms with Crippen molar-refractivity contribution in [2.75, 3.05) is 5.32 Å². The molecule has 106 valence electrons. The van der Waals surface area contributed by atoms with E-state index in [1.165, 1.54) is 6.07 Å². The van der Waals surface area contributed by atoms with Gasteiger partial charge in [0.15, 0.2) is 5.69 Å². The standard InChI is InChI=1S/C13H18F3N3/c1-8-3-4-10(9(2)7-8)17-12-6-5-11(18-19-12)13(14,15)16/h5-6,8-10H,3-4,7H2,1-2H3,(H,17,19). The number of nitrogens with one attached hydrogen (secondary N) is 1. The lowest BCUT2D eigenvalue weighted by atomic mass is 9.80. The quantitative estimate of drug-likeness (QED) is 0.892. The molecule has 0 aromatic carbocycles. The minimum Gasteiger partial charge on any atom is -0.366 e. The second kappa shape index (κ2) is 5.35. The van der Waals surface area contributed by atoms with Gasteiger partial charge in [-0.15, -0.1) is 10.2 Å². The van der Waals surface area contributed by atoms with Crippen LogP contribution < -0.4 is 5.32 Å². The van der Waals surface area contributed by atoms with E-state index in [2.05, 4.69) is 29.4 Å². The Hall–Kier alpha value is -1.33. The topological polar surface area (TPSA) is 37.8 Å². The third-order valence-electron chi connectivity index (χ3n) is 3.72. The van der Waals surface area contributed by atoms with Crippen LogP contribution in [0.2, 0.25) is 0 Å². The van der Waals surface area contributed by atoms with Gasteiger partial charge >= 0.3 is 6.18 Å². The maximum absolute atomic E-state index is 12.4. The SMILES string of the molecule is CC1CCC(Nc2ccc(C(F)(F)F)nn2)C(C)C1. The van der Waals surface area contributed by atoms with Crippen molar-refractivity contribution in [2.24, 2.45) is 11.8 Å². The van der Waals surface area contributed by atoms with Crippen molar-refractivity contribution in [1.82, 2.24) is 10.2 Å². The second-order valence-corrected chi connectivity index (χ2v) is 5.45. The summed E-state index contributed by atoms with van der Waals surface area (Å²) in [7, 11) is 0. The highest BCUT2D eigenvalue weighted by Gasteiger charge is 2.33. The zero-order chi connectivity index (χ0) is 14.0. The van der Waals surface area contributed by atoms with Gasteiger partial charge in [0.05, 0.1) is 0 Å². The van der Waals surface area contributed by atoms with E-state index >= 15 is 0 Å². The number of anilines is 1. The summed E-state index contributed by atoms with van der Waals surface area (Å²) in [4.78, 5) is 0. The summed E-state index contributed by atoms with van der Waals surface area (Å²) in [5.41, 5.74) is -0.955. The van der Waals surface area contributed by atoms with Crippen LogP contribution in [0.15, 0.2) is 12.1 Å². The fourth-order valence-electron chi connectivity index (χ4n) is 2.63. The summed E-state index contributed by atoms with van der Waals surface area (Å²) in [5, 5.41) is 10.0. The van der Waals surface area contributed by atoms with Gasteiger partial charge in [-0.3, -0.25) is 0 Å². The molecule has 1 aromatic heterocycles. The predicted molar refractivity (Wildman–Crippen MR) is 66.6 cm³/mol. The molecule has 3 unspecified atom stereocenters. The van der Waals surface area contributed by atoms with E-state index in [9.17, 15) is 13.2 Å². The summed E-state index contributed by atoms with van der Waals surface area (Å²) in [6, 6.07) is 2.58. The Kier molecular flexibility index (Phi) is 3.96. The number of nitrogens with zero attached hydrogens (tertiary/aromatic N) is 2. The molecule has 1 aromatic rings. The van der Waals surface area contributed by atoms with Crippen molar-refractivity contribution in [2.45, 2.75) is 45.3 Å². The average molecular weight is 273 g/mol. The van der Waals surface area contributed by atoms with E-state index in [1.54, 1.807) is 0 Å². The molecule has 3 atom stereocenters. The summed E-state index contributed by atoms with van der Waals surface area (Å²) in [5.74, 6) is 1.62. The lowest BCUT2D eigenvalue weighted by molar-refractivity contribution is -0.141. The summed E-state index contributed by atoms with van der Waals surface area (Å²) in [6.07, 6.45) is -1.15. The summed E-state index contributed by atoms with van der Waals surface area (Å²) in [6.45, 7) is 4.38. The van der Waals surface area contributed by atoms with E-state index in [0.717, 1.165) is 25.3 Å². The smallest absolute Gasteiger partial charge is 0.366 e. The third-order valence-corrected chi connectivity index (χ3v) is 3.72. The van der Waals surface area contributed by atoms with Gasteiger partial charge in [0, 0.05) is 6.04 Å². The van der Waals surface area contributed by atoms with Crippen LogP contribution in [0.4, 0.5) is 19.0 Å². The van der Waals surface area contributed by atoms with Crippen molar-refractivity contribution in [3.63, 3.8) is 0 Å². The zero-order valence-corrected chi connectivity index (χ0v) is 11.0. The van der Waals surface area contributed by atoms with Crippen LogP contribution in [0.3, 0.4) is 0 Å². The second-order valence-electron chi connectivity index (χ2n) is 5.45. The molecule has 1 N–H and O–H groups in total. The molecule has 3 nitrogen and oxygen atoms in total. The zero-order valence-electron chi connectivity index (χ0n) is 11.0. The van der Waals surface area contributed by atoms with E-state index in [4.69, 9.17) is 0 Å². The highest BCUT2D eigenvalue weighted by molar-refractivity contribution is 5.35. The van der Waals surface area contributed by atoms with Gasteiger partial charge in [-0.05, 0) is 43.2 Å². The van der Waals surface area contributed by atoms with Crippen LogP contribution in [-0.4, -0.2) is 16.2 Å². The van der Waals surface area contributed by atoms with Crippen LogP contribution in [0.25, 0.3) is 0 Å². The minimum absolute atomic E-state index is 0.266. The predicted octanol–water partition coefficient (Wildman–Crippen LogP) is 3.73. The number of aromatic nitrogens is 2. The molecular formula is C13H18F3N3. The Labute approximate surface area is 110 Å². The van der Waals surface area contributed by atoms with E-state index in [1.807, 2.05) is 0 Å². The lowest BCUT2D eigenvalue weighted by Crippen LogP contribution is -2.33. The van der Waals surface area contributed by atoms with Crippen LogP contribution in [-0.2, 0) is 6.18 Å². The maximum atomic E-state index is 12.4. The molecule has 1 fully saturated rings. The molecule has 1 aliphatic rings. The van der Waals surface area contributed by atoms with Gasteiger partial charge in [0.2, 0.25) is 0 Å². The number of alkyl halides is 3. The fourth-order valence-corrected chi connectivity index (χ4v) is 2.63. The first-order valence-corrected chi connectivity index (χ1v) is 6.53. The van der Waals surface area contributed by atoms with Gasteiger partial charge in [0.25, 0.3) is 0 Å². The number of halogens is 3. The average Bonchev–Trinajstić information content (AvgIpc) is 2.32. The summed E-state index contributed by atoms with van der Waals surface area (Å²) < 4.78 is 37.1. The molecule has 1 saturated carbocycles. The van der Waals surface area contributed by atoms with Crippen LogP contribution in [0.1, 0.15) is 38.8 Å². The van der Waals surface area contributed by atoms with Gasteiger partial charge in [-0.1, -0.05) is 13.8 Å². The highest BCUT2D eigenvalue weighted by Crippen LogP contribution is 2.31. The van der Waals surface area contributed by atoms with Gasteiger partial charge in [-0.2, -0.15) is 13.2 Å². The van der Waals surface area contributed by atoms with Crippen LogP contribution in [0.5, 0.6) is 0 Å². The molecule has 0 bridgehead atoms. The Morgan fingerprint density at radius 2 is 1.89 bits per heavy atom. The first kappa shape index (κ1) is 14.1. The lowest BCUT2D eigenvalue weighted by Gasteiger charge is -2.33. The molecular weight excluding hydrogens is 255 g/mol. The number of rotatable bonds is 2. The van der Waals surface area contributed by atoms with E-state index in [-0.39, 0.29) is 6.04 Å². The molecule has 2 rings (SSSR count). The normalized spacial score (nSPS) is 28.2. The van der Waals surface area contributed by atoms with Crippen molar-refractivity contribution in [3.8, 4) is 0 Å². The molecule has 1 heterocycles. The van der Waals surface area contributed by atoms with Gasteiger partial charge in [0.1, 0.15) is 5.82 Å². The summed E-state index contributed by atoms with van der Waals surface area (Å²) >= 11 is 0. The minimum atomic E-state index is -4.43. The van der Waals surface area contributed by atoms with Crippen LogP contribution in [0, 0.1) is 11.8 Å². The van der Waals surface area contributed by atoms with Crippen molar-refractivity contribution in [1.29, 1.82) is 0 Å². The molecule has 6 heteroatoms. The number of hydrogen-bond donors (Lipinski definition) is 1. The third kappa shape index (κ3) is 3.58. The van der Waals surface area contributed by atoms with E-state index < -0.39 is 11.9 Å². The highest BCUT2D eigenvalue weighted by atomic mass is 19.4. The monoisotopic (exact) mass is 273 g/mol. The maximum Gasteiger partial charge on any atom is 0.435 e. The molecule has 0 amide bonds. The largest absolute Gasteiger partial charge is 0.435 e. The van der Waals surface area contributed by atoms with Gasteiger partial charge < -0.3 is 5.32 Å². The Bertz CT molecular complexity index is 416. The first-order chi connectivity index (χ1) is 8.86. The Morgan fingerprint density at radius 3 is 2.42 bits per heavy atom. The van der Waals surface area contributed by atoms with Crippen molar-refractivity contribution < 1.29 is 13.2 Å². The molecule has 0 aliphatic heterocycles. The Balaban J connectivity index is 2.00. The molecule has 1 aliphatic carbocycles. The fraction of sp³-hybridized carbons (Fsp3) is 0.692. The van der Waals surface area contributed by atoms with Crippen molar-refractivity contribution >= 4 is 5.82 Å².